The van der Waals surface area contributed by atoms with Gasteiger partial charge in [-0.25, -0.2) is 0 Å². The van der Waals surface area contributed by atoms with Crippen LogP contribution in [0.2, 0.25) is 0 Å². The molecule has 1 aliphatic heterocycles. The van der Waals surface area contributed by atoms with Crippen LogP contribution in [0.25, 0.3) is 0 Å². The molecule has 3 nitrogen and oxygen atoms in total. The van der Waals surface area contributed by atoms with Gasteiger partial charge in [0.1, 0.15) is 0 Å². The molecule has 1 saturated heterocycles. The number of hydrogen-bond donors (Lipinski definition) is 1. The van der Waals surface area contributed by atoms with Gasteiger partial charge in [-0.2, -0.15) is 0 Å². The minimum atomic E-state index is 0. The molecule has 3 unspecified atom stereocenters. The number of likely N-dealkylation sites (tertiary alicyclic amines) is 1. The Morgan fingerprint density at radius 1 is 1.27 bits per heavy atom. The van der Waals surface area contributed by atoms with Crippen LogP contribution in [0, 0.1) is 18.8 Å². The van der Waals surface area contributed by atoms with Gasteiger partial charge in [0.05, 0.1) is 0 Å². The van der Waals surface area contributed by atoms with Gasteiger partial charge in [-0.3, -0.25) is 4.79 Å². The van der Waals surface area contributed by atoms with E-state index in [1.807, 2.05) is 0 Å². The molecule has 0 aromatic heterocycles. The lowest BCUT2D eigenvalue weighted by molar-refractivity contribution is -0.134. The molecule has 3 rings (SSSR count). The van der Waals surface area contributed by atoms with E-state index in [-0.39, 0.29) is 24.4 Å². The fourth-order valence-electron chi connectivity index (χ4n) is 3.69. The van der Waals surface area contributed by atoms with Crippen molar-refractivity contribution >= 4 is 18.3 Å². The fraction of sp³-hybridized carbons (Fsp3) is 0.611. The number of carbonyl (C=O) groups is 1. The summed E-state index contributed by atoms with van der Waals surface area (Å²) >= 11 is 0. The third-order valence-corrected chi connectivity index (χ3v) is 5.29. The predicted octanol–water partition coefficient (Wildman–Crippen LogP) is 3.11. The number of rotatable bonds is 3. The van der Waals surface area contributed by atoms with Gasteiger partial charge in [0.2, 0.25) is 5.91 Å². The van der Waals surface area contributed by atoms with Crippen LogP contribution in [-0.4, -0.2) is 29.9 Å². The van der Waals surface area contributed by atoms with E-state index in [0.29, 0.717) is 17.7 Å². The molecule has 1 aliphatic carbocycles. The number of hydrogen-bond acceptors (Lipinski definition) is 2. The first-order chi connectivity index (χ1) is 10.1. The molecule has 122 valence electrons. The van der Waals surface area contributed by atoms with Crippen LogP contribution in [0.1, 0.15) is 43.2 Å². The molecule has 1 saturated carbocycles. The van der Waals surface area contributed by atoms with Gasteiger partial charge in [0.15, 0.2) is 0 Å². The molecule has 1 aromatic rings. The maximum Gasteiger partial charge on any atom is 0.226 e. The quantitative estimate of drug-likeness (QED) is 0.929. The third kappa shape index (κ3) is 3.47. The Kier molecular flexibility index (Phi) is 5.51. The average molecular weight is 323 g/mol. The number of nitrogens with zero attached hydrogens (tertiary/aromatic N) is 1. The van der Waals surface area contributed by atoms with Gasteiger partial charge >= 0.3 is 0 Å². The number of benzene rings is 1. The molecule has 1 aromatic carbocycles. The van der Waals surface area contributed by atoms with Gasteiger partial charge in [0.25, 0.3) is 0 Å². The fourth-order valence-corrected chi connectivity index (χ4v) is 3.69. The van der Waals surface area contributed by atoms with Gasteiger partial charge < -0.3 is 10.6 Å². The van der Waals surface area contributed by atoms with Crippen molar-refractivity contribution in [1.29, 1.82) is 0 Å². The first kappa shape index (κ1) is 17.3. The van der Waals surface area contributed by atoms with Crippen LogP contribution in [0.3, 0.4) is 0 Å². The summed E-state index contributed by atoms with van der Waals surface area (Å²) in [5, 5.41) is 0. The smallest absolute Gasteiger partial charge is 0.226 e. The lowest BCUT2D eigenvalue weighted by Crippen LogP contribution is -2.43. The zero-order valence-electron chi connectivity index (χ0n) is 13.5. The predicted molar refractivity (Wildman–Crippen MR) is 92.2 cm³/mol. The third-order valence-electron chi connectivity index (χ3n) is 5.29. The molecule has 22 heavy (non-hydrogen) atoms. The highest BCUT2D eigenvalue weighted by Crippen LogP contribution is 2.49. The Bertz CT molecular complexity index is 524. The molecule has 1 heterocycles. The molecule has 2 fully saturated rings. The Morgan fingerprint density at radius 2 is 1.91 bits per heavy atom. The summed E-state index contributed by atoms with van der Waals surface area (Å²) in [5.74, 6) is 1.62. The molecule has 2 N–H and O–H groups in total. The number of carbonyl (C=O) groups excluding carboxylic acids is 1. The van der Waals surface area contributed by atoms with Gasteiger partial charge in [0, 0.05) is 25.0 Å². The minimum Gasteiger partial charge on any atom is -0.342 e. The van der Waals surface area contributed by atoms with Gasteiger partial charge in [-0.05, 0) is 56.1 Å². The van der Waals surface area contributed by atoms with Crippen molar-refractivity contribution in [3.63, 3.8) is 0 Å². The standard InChI is InChI=1S/C18H26N2O.ClH/c1-12-5-3-4-6-15(12)16-11-17(16)18(21)20-9-7-14(8-10-20)13(2)19;/h3-6,13-14,16-17H,7-11,19H2,1-2H3;1H. The lowest BCUT2D eigenvalue weighted by atomic mass is 9.90. The van der Waals surface area contributed by atoms with Crippen LogP contribution in [0.5, 0.6) is 0 Å². The summed E-state index contributed by atoms with van der Waals surface area (Å²) < 4.78 is 0. The Hall–Kier alpha value is -1.06. The molecular weight excluding hydrogens is 296 g/mol. The second-order valence-corrected chi connectivity index (χ2v) is 6.83. The van der Waals surface area contributed by atoms with Crippen molar-refractivity contribution < 1.29 is 4.79 Å². The monoisotopic (exact) mass is 322 g/mol. The maximum absolute atomic E-state index is 12.6. The zero-order chi connectivity index (χ0) is 15.0. The molecule has 2 aliphatic rings. The molecule has 0 radical (unpaired) electrons. The Balaban J connectivity index is 0.00000176. The largest absolute Gasteiger partial charge is 0.342 e. The zero-order valence-corrected chi connectivity index (χ0v) is 14.3. The highest BCUT2D eigenvalue weighted by atomic mass is 35.5. The number of nitrogens with two attached hydrogens (primary N) is 1. The summed E-state index contributed by atoms with van der Waals surface area (Å²) in [7, 11) is 0. The first-order valence-corrected chi connectivity index (χ1v) is 8.18. The van der Waals surface area contributed by atoms with E-state index in [1.165, 1.54) is 11.1 Å². The first-order valence-electron chi connectivity index (χ1n) is 8.18. The lowest BCUT2D eigenvalue weighted by Gasteiger charge is -2.34. The molecular formula is C18H27ClN2O. The summed E-state index contributed by atoms with van der Waals surface area (Å²) in [6.45, 7) is 6.00. The second-order valence-electron chi connectivity index (χ2n) is 6.83. The van der Waals surface area contributed by atoms with Crippen LogP contribution in [-0.2, 0) is 4.79 Å². The number of piperidine rings is 1. The Morgan fingerprint density at radius 3 is 2.50 bits per heavy atom. The molecule has 4 heteroatoms. The summed E-state index contributed by atoms with van der Waals surface area (Å²) in [4.78, 5) is 14.7. The number of amides is 1. The van der Waals surface area contributed by atoms with E-state index < -0.39 is 0 Å². The van der Waals surface area contributed by atoms with Crippen molar-refractivity contribution in [3.05, 3.63) is 35.4 Å². The second kappa shape index (κ2) is 7.01. The van der Waals surface area contributed by atoms with Crippen molar-refractivity contribution in [2.75, 3.05) is 13.1 Å². The van der Waals surface area contributed by atoms with E-state index >= 15 is 0 Å². The van der Waals surface area contributed by atoms with E-state index in [1.54, 1.807) is 0 Å². The molecule has 0 spiro atoms. The number of halogens is 1. The normalized spacial score (nSPS) is 26.2. The van der Waals surface area contributed by atoms with E-state index in [2.05, 4.69) is 43.0 Å². The minimum absolute atomic E-state index is 0. The average Bonchev–Trinajstić information content (AvgIpc) is 3.27. The molecule has 3 atom stereocenters. The topological polar surface area (TPSA) is 46.3 Å². The van der Waals surface area contributed by atoms with Crippen LogP contribution in [0.4, 0.5) is 0 Å². The highest BCUT2D eigenvalue weighted by Gasteiger charge is 2.46. The van der Waals surface area contributed by atoms with E-state index in [9.17, 15) is 4.79 Å². The number of aryl methyl sites for hydroxylation is 1. The van der Waals surface area contributed by atoms with Crippen molar-refractivity contribution in [3.8, 4) is 0 Å². The molecule has 1 amide bonds. The van der Waals surface area contributed by atoms with E-state index in [4.69, 9.17) is 5.73 Å². The van der Waals surface area contributed by atoms with Crippen LogP contribution in [0.15, 0.2) is 24.3 Å². The van der Waals surface area contributed by atoms with Gasteiger partial charge in [-0.15, -0.1) is 12.4 Å². The summed E-state index contributed by atoms with van der Waals surface area (Å²) in [6, 6.07) is 8.72. The maximum atomic E-state index is 12.6. The molecule has 0 bridgehead atoms. The highest BCUT2D eigenvalue weighted by molar-refractivity contribution is 5.85. The summed E-state index contributed by atoms with van der Waals surface area (Å²) in [6.07, 6.45) is 3.15. The summed E-state index contributed by atoms with van der Waals surface area (Å²) in [5.41, 5.74) is 8.65. The SMILES string of the molecule is Cc1ccccc1C1CC1C(=O)N1CCC(C(C)N)CC1.Cl. The van der Waals surface area contributed by atoms with Crippen molar-refractivity contribution in [1.82, 2.24) is 4.90 Å². The van der Waals surface area contributed by atoms with E-state index in [0.717, 1.165) is 32.4 Å². The van der Waals surface area contributed by atoms with Crippen molar-refractivity contribution in [2.45, 2.75) is 45.1 Å². The Labute approximate surface area is 139 Å². The van der Waals surface area contributed by atoms with Gasteiger partial charge in [-0.1, -0.05) is 24.3 Å². The van der Waals surface area contributed by atoms with Crippen LogP contribution >= 0.6 is 12.4 Å². The van der Waals surface area contributed by atoms with Crippen molar-refractivity contribution in [2.24, 2.45) is 17.6 Å². The van der Waals surface area contributed by atoms with Crippen LogP contribution < -0.4 is 5.73 Å².